The molecular formula is C20H22N4O3S. The van der Waals surface area contributed by atoms with Crippen molar-refractivity contribution in [3.8, 4) is 0 Å². The van der Waals surface area contributed by atoms with Gasteiger partial charge < -0.3 is 0 Å². The number of carbonyl (C=O) groups is 1. The summed E-state index contributed by atoms with van der Waals surface area (Å²) in [4.78, 5) is 17.1. The van der Waals surface area contributed by atoms with Crippen LogP contribution in [0, 0.1) is 0 Å². The molecule has 4 rings (SSSR count). The smallest absolute Gasteiger partial charge is 0.267 e. The zero-order chi connectivity index (χ0) is 19.6. The lowest BCUT2D eigenvalue weighted by Crippen LogP contribution is -2.32. The molecular weight excluding hydrogens is 376 g/mol. The molecule has 0 saturated carbocycles. The lowest BCUT2D eigenvalue weighted by atomic mass is 10.2. The maximum absolute atomic E-state index is 13.0. The molecule has 0 bridgehead atoms. The number of fused-ring (bicyclic) bond motifs is 1. The van der Waals surface area contributed by atoms with Crippen LogP contribution < -0.4 is 5.43 Å². The van der Waals surface area contributed by atoms with Gasteiger partial charge in [0.25, 0.3) is 5.91 Å². The van der Waals surface area contributed by atoms with Crippen LogP contribution in [-0.4, -0.2) is 41.4 Å². The maximum Gasteiger partial charge on any atom is 0.270 e. The Bertz CT molecular complexity index is 1100. The van der Waals surface area contributed by atoms with Crippen molar-refractivity contribution in [3.05, 3.63) is 60.4 Å². The molecule has 7 nitrogen and oxygen atoms in total. The monoisotopic (exact) mass is 398 g/mol. The number of sulfonamides is 1. The van der Waals surface area contributed by atoms with Gasteiger partial charge in [-0.2, -0.15) is 4.31 Å². The zero-order valence-corrected chi connectivity index (χ0v) is 16.2. The minimum Gasteiger partial charge on any atom is -0.267 e. The third-order valence-corrected chi connectivity index (χ3v) is 6.87. The molecule has 2 aromatic carbocycles. The quantitative estimate of drug-likeness (QED) is 0.732. The average Bonchev–Trinajstić information content (AvgIpc) is 2.92. The largest absolute Gasteiger partial charge is 0.270 e. The Morgan fingerprint density at radius 2 is 1.71 bits per heavy atom. The van der Waals surface area contributed by atoms with Crippen LogP contribution in [0.4, 0.5) is 0 Å². The Labute approximate surface area is 164 Å². The van der Waals surface area contributed by atoms with Crippen molar-refractivity contribution in [3.63, 3.8) is 0 Å². The number of benzene rings is 2. The second-order valence-corrected chi connectivity index (χ2v) is 8.83. The van der Waals surface area contributed by atoms with E-state index < -0.39 is 15.9 Å². The fourth-order valence-electron chi connectivity index (χ4n) is 3.45. The average molecular weight is 398 g/mol. The number of para-hydroxylation sites is 2. The first-order chi connectivity index (χ1) is 13.6. The number of nitrogens with one attached hydrogen (secondary N) is 1. The minimum atomic E-state index is -3.60. The van der Waals surface area contributed by atoms with Crippen molar-refractivity contribution in [2.75, 3.05) is 18.5 Å². The fraction of sp³-hybridized carbons (Fsp3) is 0.300. The first-order valence-electron chi connectivity index (χ1n) is 9.39. The number of nitrogens with zero attached hydrogens (tertiary/aromatic N) is 3. The Morgan fingerprint density at radius 3 is 2.50 bits per heavy atom. The van der Waals surface area contributed by atoms with E-state index in [0.717, 1.165) is 36.7 Å². The highest BCUT2D eigenvalue weighted by molar-refractivity contribution is 7.89. The summed E-state index contributed by atoms with van der Waals surface area (Å²) in [5.74, 6) is -0.393. The van der Waals surface area contributed by atoms with Crippen LogP contribution in [0.2, 0.25) is 0 Å². The lowest BCUT2D eigenvalue weighted by Gasteiger charge is -2.20. The van der Waals surface area contributed by atoms with Crippen LogP contribution in [-0.2, 0) is 10.0 Å². The van der Waals surface area contributed by atoms with E-state index in [-0.39, 0.29) is 10.5 Å². The van der Waals surface area contributed by atoms with E-state index in [1.165, 1.54) is 21.4 Å². The van der Waals surface area contributed by atoms with Gasteiger partial charge in [0, 0.05) is 18.7 Å². The minimum absolute atomic E-state index is 0.150. The van der Waals surface area contributed by atoms with Gasteiger partial charge in [-0.3, -0.25) is 10.2 Å². The van der Waals surface area contributed by atoms with E-state index in [1.807, 2.05) is 24.3 Å². The van der Waals surface area contributed by atoms with E-state index in [4.69, 9.17) is 0 Å². The van der Waals surface area contributed by atoms with E-state index in [9.17, 15) is 13.2 Å². The van der Waals surface area contributed by atoms with Gasteiger partial charge in [-0.05, 0) is 43.2 Å². The van der Waals surface area contributed by atoms with Gasteiger partial charge in [-0.15, -0.1) is 0 Å². The summed E-state index contributed by atoms with van der Waals surface area (Å²) in [6.07, 6.45) is 5.36. The molecule has 0 unspecified atom stereocenters. The van der Waals surface area contributed by atoms with Gasteiger partial charge in [0.2, 0.25) is 10.0 Å². The first kappa shape index (κ1) is 18.6. The van der Waals surface area contributed by atoms with Crippen LogP contribution >= 0.6 is 0 Å². The van der Waals surface area contributed by atoms with Gasteiger partial charge in [0.1, 0.15) is 6.33 Å². The summed E-state index contributed by atoms with van der Waals surface area (Å²) in [6, 6.07) is 13.6. The summed E-state index contributed by atoms with van der Waals surface area (Å²) in [7, 11) is -3.60. The van der Waals surface area contributed by atoms with E-state index >= 15 is 0 Å². The third kappa shape index (κ3) is 3.65. The molecule has 3 aromatic rings. The highest BCUT2D eigenvalue weighted by atomic mass is 32.2. The van der Waals surface area contributed by atoms with Crippen molar-refractivity contribution in [1.29, 1.82) is 0 Å². The topological polar surface area (TPSA) is 84.3 Å². The normalized spacial score (nSPS) is 16.0. The number of carbonyl (C=O) groups excluding carboxylic acids is 1. The number of imidazole rings is 1. The van der Waals surface area contributed by atoms with Gasteiger partial charge in [-0.1, -0.05) is 31.0 Å². The number of hydrogen-bond donors (Lipinski definition) is 1. The Morgan fingerprint density at radius 1 is 0.964 bits per heavy atom. The van der Waals surface area contributed by atoms with E-state index in [1.54, 1.807) is 18.2 Å². The summed E-state index contributed by atoms with van der Waals surface area (Å²) in [6.45, 7) is 1.06. The van der Waals surface area contributed by atoms with E-state index in [0.29, 0.717) is 13.1 Å². The third-order valence-electron chi connectivity index (χ3n) is 4.97. The lowest BCUT2D eigenvalue weighted by molar-refractivity contribution is 0.101. The molecule has 1 amide bonds. The predicted octanol–water partition coefficient (Wildman–Crippen LogP) is 2.98. The number of amides is 1. The second-order valence-electron chi connectivity index (χ2n) is 6.89. The Hall–Kier alpha value is -2.71. The Kier molecular flexibility index (Phi) is 5.15. The number of rotatable bonds is 4. The maximum atomic E-state index is 13.0. The molecule has 28 heavy (non-hydrogen) atoms. The van der Waals surface area contributed by atoms with Crippen LogP contribution in [0.1, 0.15) is 36.0 Å². The van der Waals surface area contributed by atoms with E-state index in [2.05, 4.69) is 10.4 Å². The Balaban J connectivity index is 1.58. The van der Waals surface area contributed by atoms with Crippen molar-refractivity contribution in [2.24, 2.45) is 0 Å². The summed E-state index contributed by atoms with van der Waals surface area (Å²) in [5, 5.41) is 0. The van der Waals surface area contributed by atoms with Gasteiger partial charge >= 0.3 is 0 Å². The molecule has 2 heterocycles. The molecule has 1 saturated heterocycles. The van der Waals surface area contributed by atoms with Crippen LogP contribution in [0.15, 0.2) is 59.8 Å². The molecule has 0 aliphatic carbocycles. The number of aromatic nitrogens is 2. The van der Waals surface area contributed by atoms with Gasteiger partial charge in [0.15, 0.2) is 0 Å². The summed E-state index contributed by atoms with van der Waals surface area (Å²) in [5.41, 5.74) is 4.57. The summed E-state index contributed by atoms with van der Waals surface area (Å²) < 4.78 is 29.0. The van der Waals surface area contributed by atoms with Crippen molar-refractivity contribution >= 4 is 27.0 Å². The second kappa shape index (κ2) is 7.73. The highest BCUT2D eigenvalue weighted by Gasteiger charge is 2.25. The predicted molar refractivity (Wildman–Crippen MR) is 107 cm³/mol. The van der Waals surface area contributed by atoms with Crippen LogP contribution in [0.5, 0.6) is 0 Å². The highest BCUT2D eigenvalue weighted by Crippen LogP contribution is 2.21. The molecule has 8 heteroatoms. The van der Waals surface area contributed by atoms with Crippen molar-refractivity contribution < 1.29 is 13.2 Å². The number of hydrogen-bond acceptors (Lipinski definition) is 4. The van der Waals surface area contributed by atoms with Gasteiger partial charge in [-0.25, -0.2) is 18.1 Å². The molecule has 1 aliphatic rings. The molecule has 1 aromatic heterocycles. The molecule has 0 atom stereocenters. The summed E-state index contributed by atoms with van der Waals surface area (Å²) >= 11 is 0. The fourth-order valence-corrected chi connectivity index (χ4v) is 5.01. The molecule has 146 valence electrons. The molecule has 1 N–H and O–H groups in total. The molecule has 1 aliphatic heterocycles. The molecule has 0 radical (unpaired) electrons. The molecule has 0 spiro atoms. The van der Waals surface area contributed by atoms with Crippen LogP contribution in [0.25, 0.3) is 11.0 Å². The molecule has 1 fully saturated rings. The zero-order valence-electron chi connectivity index (χ0n) is 15.4. The van der Waals surface area contributed by atoms with Crippen molar-refractivity contribution in [1.82, 2.24) is 14.0 Å². The van der Waals surface area contributed by atoms with Crippen LogP contribution in [0.3, 0.4) is 0 Å². The van der Waals surface area contributed by atoms with Crippen molar-refractivity contribution in [2.45, 2.75) is 30.6 Å². The van der Waals surface area contributed by atoms with Gasteiger partial charge in [0.05, 0.1) is 15.9 Å². The SMILES string of the molecule is O=C(Nn1cnc2ccccc21)c1cccc(S(=O)(=O)N2CCCCCC2)c1. The first-order valence-corrected chi connectivity index (χ1v) is 10.8. The standard InChI is InChI=1S/C20H22N4O3S/c25-20(22-24-15-21-18-10-3-4-11-19(18)24)16-8-7-9-17(14-16)28(26,27)23-12-5-1-2-6-13-23/h3-4,7-11,14-15H,1-2,5-6,12-13H2,(H,22,25).